The first-order chi connectivity index (χ1) is 5.31. The van der Waals surface area contributed by atoms with Gasteiger partial charge in [0.05, 0.1) is 6.42 Å². The van der Waals surface area contributed by atoms with Gasteiger partial charge in [0.2, 0.25) is 0 Å². The van der Waals surface area contributed by atoms with Crippen molar-refractivity contribution in [2.24, 2.45) is 0 Å². The highest BCUT2D eigenvalue weighted by Crippen LogP contribution is 1.94. The van der Waals surface area contributed by atoms with Gasteiger partial charge in [-0.15, -0.1) is 0 Å². The van der Waals surface area contributed by atoms with Crippen LogP contribution in [0.2, 0.25) is 0 Å². The van der Waals surface area contributed by atoms with Crippen LogP contribution < -0.4 is 0 Å². The maximum Gasteiger partial charge on any atom is 0.303 e. The second kappa shape index (κ2) is 4.17. The highest BCUT2D eigenvalue weighted by atomic mass is 32.2. The third-order valence-corrected chi connectivity index (χ3v) is 1.65. The van der Waals surface area contributed by atoms with E-state index >= 15 is 0 Å². The molecule has 70 valence electrons. The van der Waals surface area contributed by atoms with Crippen molar-refractivity contribution in [3.05, 3.63) is 0 Å². The number of aliphatic carboxylic acids is 1. The van der Waals surface area contributed by atoms with Gasteiger partial charge in [0, 0.05) is 6.42 Å². The molecule has 0 amide bonds. The molecule has 0 spiro atoms. The molecule has 0 aliphatic rings. The summed E-state index contributed by atoms with van der Waals surface area (Å²) < 4.78 is 28.3. The zero-order valence-corrected chi connectivity index (χ0v) is 6.87. The number of carbonyl (C=O) groups excluding carboxylic acids is 1. The minimum Gasteiger partial charge on any atom is -0.481 e. The van der Waals surface area contributed by atoms with E-state index in [4.69, 9.17) is 9.66 Å². The van der Waals surface area contributed by atoms with Crippen LogP contribution in [0.5, 0.6) is 0 Å². The number of ketones is 1. The molecular weight excluding hydrogens is 188 g/mol. The molecule has 0 aromatic carbocycles. The van der Waals surface area contributed by atoms with E-state index in [1.165, 1.54) is 0 Å². The molecule has 0 saturated heterocycles. The fourth-order valence-corrected chi connectivity index (χ4v) is 1.07. The van der Waals surface area contributed by atoms with Crippen molar-refractivity contribution in [3.63, 3.8) is 0 Å². The Morgan fingerprint density at radius 3 is 2.00 bits per heavy atom. The zero-order valence-electron chi connectivity index (χ0n) is 6.06. The monoisotopic (exact) mass is 196 g/mol. The van der Waals surface area contributed by atoms with Crippen molar-refractivity contribution in [1.29, 1.82) is 0 Å². The Kier molecular flexibility index (Phi) is 3.84. The lowest BCUT2D eigenvalue weighted by atomic mass is 10.2. The molecule has 2 N–H and O–H groups in total. The zero-order chi connectivity index (χ0) is 9.78. The van der Waals surface area contributed by atoms with Gasteiger partial charge in [-0.05, 0) is 0 Å². The minimum absolute atomic E-state index is 0.380. The molecule has 0 saturated carbocycles. The summed E-state index contributed by atoms with van der Waals surface area (Å²) in [5, 5.41) is 8.10. The van der Waals surface area contributed by atoms with Gasteiger partial charge in [-0.3, -0.25) is 14.1 Å². The van der Waals surface area contributed by atoms with Gasteiger partial charge in [0.1, 0.15) is 5.75 Å². The van der Waals surface area contributed by atoms with Gasteiger partial charge >= 0.3 is 5.97 Å². The molecule has 0 atom stereocenters. The van der Waals surface area contributed by atoms with E-state index in [1.54, 1.807) is 0 Å². The smallest absolute Gasteiger partial charge is 0.303 e. The summed E-state index contributed by atoms with van der Waals surface area (Å²) in [5.41, 5.74) is 0. The largest absolute Gasteiger partial charge is 0.481 e. The fourth-order valence-electron chi connectivity index (χ4n) is 0.522. The average molecular weight is 196 g/mol. The fraction of sp³-hybridized carbons (Fsp3) is 0.600. The Labute approximate surface area is 68.9 Å². The van der Waals surface area contributed by atoms with Gasteiger partial charge in [-0.2, -0.15) is 8.42 Å². The van der Waals surface area contributed by atoms with Gasteiger partial charge in [0.25, 0.3) is 10.1 Å². The van der Waals surface area contributed by atoms with Crippen LogP contribution >= 0.6 is 0 Å². The average Bonchev–Trinajstić information content (AvgIpc) is 1.79. The van der Waals surface area contributed by atoms with Crippen LogP contribution in [-0.2, 0) is 19.7 Å². The van der Waals surface area contributed by atoms with Crippen molar-refractivity contribution in [2.75, 3.05) is 5.75 Å². The Balaban J connectivity index is 3.84. The molecule has 0 aliphatic heterocycles. The molecule has 0 unspecified atom stereocenters. The van der Waals surface area contributed by atoms with Crippen LogP contribution in [0.4, 0.5) is 0 Å². The predicted octanol–water partition coefficient (Wildman–Crippen LogP) is -0.692. The van der Waals surface area contributed by atoms with Crippen molar-refractivity contribution in [3.8, 4) is 0 Å². The maximum absolute atomic E-state index is 10.6. The number of hydrogen-bond acceptors (Lipinski definition) is 4. The van der Waals surface area contributed by atoms with Gasteiger partial charge < -0.3 is 5.11 Å². The van der Waals surface area contributed by atoms with Gasteiger partial charge in [-0.25, -0.2) is 0 Å². The third kappa shape index (κ3) is 7.16. The Bertz CT molecular complexity index is 276. The van der Waals surface area contributed by atoms with Crippen molar-refractivity contribution >= 4 is 21.9 Å². The van der Waals surface area contributed by atoms with Crippen LogP contribution in [0.25, 0.3) is 0 Å². The van der Waals surface area contributed by atoms with E-state index in [2.05, 4.69) is 0 Å². The molecule has 6 nitrogen and oxygen atoms in total. The molecule has 0 rings (SSSR count). The van der Waals surface area contributed by atoms with E-state index in [0.717, 1.165) is 0 Å². The van der Waals surface area contributed by atoms with Gasteiger partial charge in [-0.1, -0.05) is 0 Å². The molecule has 0 heterocycles. The predicted molar refractivity (Wildman–Crippen MR) is 38.3 cm³/mol. The normalized spacial score (nSPS) is 11.1. The highest BCUT2D eigenvalue weighted by molar-refractivity contribution is 7.86. The first kappa shape index (κ1) is 11.1. The lowest BCUT2D eigenvalue weighted by molar-refractivity contribution is -0.138. The molecule has 0 radical (unpaired) electrons. The summed E-state index contributed by atoms with van der Waals surface area (Å²) >= 11 is 0. The lowest BCUT2D eigenvalue weighted by Gasteiger charge is -1.94. The van der Waals surface area contributed by atoms with Crippen molar-refractivity contribution in [1.82, 2.24) is 0 Å². The number of carboxylic acids is 1. The van der Waals surface area contributed by atoms with E-state index in [9.17, 15) is 18.0 Å². The standard InChI is InChI=1S/C5H8O6S/c6-4(1-2-5(7)8)3-12(9,10)11/h1-3H2,(H,7,8)(H,9,10,11). The maximum atomic E-state index is 10.6. The molecule has 7 heteroatoms. The van der Waals surface area contributed by atoms with E-state index in [-0.39, 0.29) is 6.42 Å². The summed E-state index contributed by atoms with van der Waals surface area (Å²) in [4.78, 5) is 20.5. The van der Waals surface area contributed by atoms with E-state index in [0.29, 0.717) is 0 Å². The van der Waals surface area contributed by atoms with Crippen LogP contribution in [-0.4, -0.2) is 35.6 Å². The quantitative estimate of drug-likeness (QED) is 0.563. The summed E-state index contributed by atoms with van der Waals surface area (Å²) in [6.07, 6.45) is -0.802. The number of hydrogen-bond donors (Lipinski definition) is 2. The topological polar surface area (TPSA) is 109 Å². The second-order valence-corrected chi connectivity index (χ2v) is 3.61. The molecule has 0 fully saturated rings. The van der Waals surface area contributed by atoms with Crippen molar-refractivity contribution < 1.29 is 27.7 Å². The van der Waals surface area contributed by atoms with Crippen LogP contribution in [0.15, 0.2) is 0 Å². The first-order valence-corrected chi connectivity index (χ1v) is 4.61. The van der Waals surface area contributed by atoms with Crippen molar-refractivity contribution in [2.45, 2.75) is 12.8 Å². The number of carbonyl (C=O) groups is 2. The third-order valence-electron chi connectivity index (χ3n) is 0.961. The summed E-state index contributed by atoms with van der Waals surface area (Å²) in [6.45, 7) is 0. The molecule has 0 aromatic heterocycles. The molecule has 0 aliphatic carbocycles. The summed E-state index contributed by atoms with van der Waals surface area (Å²) in [5.74, 6) is -3.00. The Morgan fingerprint density at radius 1 is 1.17 bits per heavy atom. The molecule has 12 heavy (non-hydrogen) atoms. The lowest BCUT2D eigenvalue weighted by Crippen LogP contribution is -2.15. The van der Waals surface area contributed by atoms with Crippen LogP contribution in [0.1, 0.15) is 12.8 Å². The van der Waals surface area contributed by atoms with E-state index < -0.39 is 34.0 Å². The Morgan fingerprint density at radius 2 is 1.67 bits per heavy atom. The SMILES string of the molecule is O=C(O)CCC(=O)CS(=O)(=O)O. The van der Waals surface area contributed by atoms with E-state index in [1.807, 2.05) is 0 Å². The first-order valence-electron chi connectivity index (χ1n) is 3.00. The van der Waals surface area contributed by atoms with Crippen LogP contribution in [0, 0.1) is 0 Å². The molecule has 0 aromatic rings. The number of Topliss-reactive ketones (excluding diaryl/α,β-unsaturated/α-hetero) is 1. The number of carboxylic acid groups (broad SMARTS) is 1. The number of rotatable bonds is 5. The molecular formula is C5H8O6S. The summed E-state index contributed by atoms with van der Waals surface area (Å²) in [7, 11) is -4.31. The highest BCUT2D eigenvalue weighted by Gasteiger charge is 2.13. The van der Waals surface area contributed by atoms with Gasteiger partial charge in [0.15, 0.2) is 5.78 Å². The van der Waals surface area contributed by atoms with Crippen LogP contribution in [0.3, 0.4) is 0 Å². The minimum atomic E-state index is -4.31. The molecule has 0 bridgehead atoms. The second-order valence-electron chi connectivity index (χ2n) is 2.16. The Hall–Kier alpha value is -0.950. The summed E-state index contributed by atoms with van der Waals surface area (Å²) in [6, 6.07) is 0.